The molecule has 1 aliphatic carbocycles. The van der Waals surface area contributed by atoms with Crippen molar-refractivity contribution in [2.45, 2.75) is 50.5 Å². The van der Waals surface area contributed by atoms with Gasteiger partial charge in [-0.15, -0.1) is 0 Å². The van der Waals surface area contributed by atoms with Gasteiger partial charge in [-0.1, -0.05) is 5.16 Å². The molecule has 126 valence electrons. The molecule has 2 aliphatic heterocycles. The van der Waals surface area contributed by atoms with Crippen LogP contribution in [0.1, 0.15) is 62.2 Å². The summed E-state index contributed by atoms with van der Waals surface area (Å²) >= 11 is 0. The fraction of sp³-hybridized carbons (Fsp3) is 0.800. The fourth-order valence-electron chi connectivity index (χ4n) is 3.61. The lowest BCUT2D eigenvalue weighted by molar-refractivity contribution is -0.133. The van der Waals surface area contributed by atoms with Crippen LogP contribution in [0.3, 0.4) is 0 Å². The molecule has 2 atom stereocenters. The van der Waals surface area contributed by atoms with Gasteiger partial charge in [-0.05, 0) is 38.0 Å². The van der Waals surface area contributed by atoms with E-state index in [9.17, 15) is 13.2 Å². The second-order valence-electron chi connectivity index (χ2n) is 6.98. The third kappa shape index (κ3) is 3.13. The van der Waals surface area contributed by atoms with Gasteiger partial charge in [0.2, 0.25) is 11.8 Å². The number of rotatable bonds is 4. The Morgan fingerprint density at radius 2 is 2.09 bits per heavy atom. The van der Waals surface area contributed by atoms with E-state index >= 15 is 0 Å². The first-order valence-electron chi connectivity index (χ1n) is 8.35. The quantitative estimate of drug-likeness (QED) is 0.824. The molecule has 3 heterocycles. The van der Waals surface area contributed by atoms with Gasteiger partial charge >= 0.3 is 0 Å². The van der Waals surface area contributed by atoms with E-state index in [1.165, 1.54) is 0 Å². The zero-order valence-corrected chi connectivity index (χ0v) is 13.8. The largest absolute Gasteiger partial charge is 0.339 e. The van der Waals surface area contributed by atoms with Gasteiger partial charge in [0.1, 0.15) is 0 Å². The van der Waals surface area contributed by atoms with Crippen LogP contribution in [0, 0.1) is 5.92 Å². The molecule has 4 rings (SSSR count). The van der Waals surface area contributed by atoms with Crippen molar-refractivity contribution in [3.63, 3.8) is 0 Å². The highest BCUT2D eigenvalue weighted by atomic mass is 32.2. The van der Waals surface area contributed by atoms with Crippen LogP contribution in [0.15, 0.2) is 4.52 Å². The van der Waals surface area contributed by atoms with Crippen LogP contribution in [0.4, 0.5) is 0 Å². The average Bonchev–Trinajstić information content (AvgIpc) is 2.93. The summed E-state index contributed by atoms with van der Waals surface area (Å²) in [5.74, 6) is 2.05. The lowest BCUT2D eigenvalue weighted by atomic mass is 10.0. The van der Waals surface area contributed by atoms with Gasteiger partial charge in [0.15, 0.2) is 15.7 Å². The van der Waals surface area contributed by atoms with Gasteiger partial charge < -0.3 is 9.42 Å². The van der Waals surface area contributed by atoms with Gasteiger partial charge in [0, 0.05) is 18.9 Å². The molecule has 0 radical (unpaired) electrons. The number of carbonyl (C=O) groups is 1. The lowest BCUT2D eigenvalue weighted by Crippen LogP contribution is -2.32. The SMILES string of the molecule is O=C(C[C@@H]1CCS(=O)(=O)C1)N1CCC[C@@H]1c1noc(C2CC2)n1. The standard InChI is InChI=1S/C15H21N3O4S/c19-13(8-10-5-7-23(20,21)9-10)18-6-1-2-12(18)14-16-15(22-17-14)11-3-4-11/h10-12H,1-9H2/t10-,12+/m0/s1. The van der Waals surface area contributed by atoms with Crippen molar-refractivity contribution in [3.05, 3.63) is 11.7 Å². The smallest absolute Gasteiger partial charge is 0.229 e. The third-order valence-corrected chi connectivity index (χ3v) is 6.88. The molecule has 1 aromatic rings. The fourth-order valence-corrected chi connectivity index (χ4v) is 5.47. The topological polar surface area (TPSA) is 93.4 Å². The van der Waals surface area contributed by atoms with E-state index in [2.05, 4.69) is 10.1 Å². The molecule has 3 fully saturated rings. The van der Waals surface area contributed by atoms with Crippen molar-refractivity contribution in [1.82, 2.24) is 15.0 Å². The highest BCUT2D eigenvalue weighted by molar-refractivity contribution is 7.91. The Hall–Kier alpha value is -1.44. The monoisotopic (exact) mass is 339 g/mol. The predicted octanol–water partition coefficient (Wildman–Crippen LogP) is 1.44. The molecule has 8 heteroatoms. The number of nitrogens with zero attached hydrogens (tertiary/aromatic N) is 3. The Morgan fingerprint density at radius 1 is 1.26 bits per heavy atom. The molecule has 1 aromatic heterocycles. The van der Waals surface area contributed by atoms with Gasteiger partial charge in [-0.25, -0.2) is 8.42 Å². The van der Waals surface area contributed by atoms with Crippen LogP contribution in [0.5, 0.6) is 0 Å². The zero-order valence-electron chi connectivity index (χ0n) is 13.0. The minimum absolute atomic E-state index is 0.0207. The van der Waals surface area contributed by atoms with Crippen LogP contribution in [0.2, 0.25) is 0 Å². The Morgan fingerprint density at radius 3 is 2.78 bits per heavy atom. The van der Waals surface area contributed by atoms with E-state index in [-0.39, 0.29) is 29.4 Å². The minimum atomic E-state index is -2.94. The number of sulfone groups is 1. The summed E-state index contributed by atoms with van der Waals surface area (Å²) in [6.45, 7) is 0.691. The number of hydrogen-bond donors (Lipinski definition) is 0. The number of hydrogen-bond acceptors (Lipinski definition) is 6. The number of aromatic nitrogens is 2. The highest BCUT2D eigenvalue weighted by Gasteiger charge is 2.37. The van der Waals surface area contributed by atoms with Gasteiger partial charge in [-0.3, -0.25) is 4.79 Å². The van der Waals surface area contributed by atoms with E-state index in [1.807, 2.05) is 4.90 Å². The van der Waals surface area contributed by atoms with Crippen molar-refractivity contribution in [3.8, 4) is 0 Å². The maximum Gasteiger partial charge on any atom is 0.229 e. The summed E-state index contributed by atoms with van der Waals surface area (Å²) in [7, 11) is -2.94. The van der Waals surface area contributed by atoms with E-state index in [1.54, 1.807) is 0 Å². The van der Waals surface area contributed by atoms with Gasteiger partial charge in [0.05, 0.1) is 17.5 Å². The lowest BCUT2D eigenvalue weighted by Gasteiger charge is -2.23. The van der Waals surface area contributed by atoms with E-state index in [0.29, 0.717) is 37.0 Å². The van der Waals surface area contributed by atoms with Crippen molar-refractivity contribution >= 4 is 15.7 Å². The molecule has 0 unspecified atom stereocenters. The summed E-state index contributed by atoms with van der Waals surface area (Å²) in [6.07, 6.45) is 4.88. The first-order valence-corrected chi connectivity index (χ1v) is 10.2. The van der Waals surface area contributed by atoms with Crippen LogP contribution in [-0.4, -0.2) is 47.4 Å². The third-order valence-electron chi connectivity index (χ3n) is 5.05. The van der Waals surface area contributed by atoms with E-state index in [0.717, 1.165) is 25.7 Å². The summed E-state index contributed by atoms with van der Waals surface area (Å²) in [5.41, 5.74) is 0. The second kappa shape index (κ2) is 5.58. The molecule has 0 bridgehead atoms. The Bertz CT molecular complexity index is 710. The molecule has 1 saturated carbocycles. The maximum atomic E-state index is 12.6. The maximum absolute atomic E-state index is 12.6. The first-order chi connectivity index (χ1) is 11.0. The molecule has 0 spiro atoms. The van der Waals surface area contributed by atoms with E-state index in [4.69, 9.17) is 4.52 Å². The molecule has 0 N–H and O–H groups in total. The number of likely N-dealkylation sites (tertiary alicyclic amines) is 1. The highest BCUT2D eigenvalue weighted by Crippen LogP contribution is 2.40. The first kappa shape index (κ1) is 15.1. The summed E-state index contributed by atoms with van der Waals surface area (Å²) in [4.78, 5) is 18.9. The minimum Gasteiger partial charge on any atom is -0.339 e. The number of carbonyl (C=O) groups excluding carboxylic acids is 1. The van der Waals surface area contributed by atoms with Crippen molar-refractivity contribution in [2.24, 2.45) is 5.92 Å². The predicted molar refractivity (Wildman–Crippen MR) is 81.3 cm³/mol. The summed E-state index contributed by atoms with van der Waals surface area (Å²) in [5, 5.41) is 4.07. The van der Waals surface area contributed by atoms with Crippen LogP contribution >= 0.6 is 0 Å². The molecule has 7 nitrogen and oxygen atoms in total. The van der Waals surface area contributed by atoms with Gasteiger partial charge in [-0.2, -0.15) is 4.98 Å². The molecule has 3 aliphatic rings. The second-order valence-corrected chi connectivity index (χ2v) is 9.21. The molecule has 0 aromatic carbocycles. The average molecular weight is 339 g/mol. The molecule has 2 saturated heterocycles. The van der Waals surface area contributed by atoms with Crippen molar-refractivity contribution < 1.29 is 17.7 Å². The molecular formula is C15H21N3O4S. The van der Waals surface area contributed by atoms with Crippen molar-refractivity contribution in [2.75, 3.05) is 18.1 Å². The van der Waals surface area contributed by atoms with Crippen LogP contribution < -0.4 is 0 Å². The van der Waals surface area contributed by atoms with Crippen molar-refractivity contribution in [1.29, 1.82) is 0 Å². The zero-order chi connectivity index (χ0) is 16.0. The summed E-state index contributed by atoms with van der Waals surface area (Å²) < 4.78 is 28.4. The summed E-state index contributed by atoms with van der Waals surface area (Å²) in [6, 6.07) is -0.114. The van der Waals surface area contributed by atoms with Crippen LogP contribution in [0.25, 0.3) is 0 Å². The van der Waals surface area contributed by atoms with Gasteiger partial charge in [0.25, 0.3) is 0 Å². The normalized spacial score (nSPS) is 30.0. The van der Waals surface area contributed by atoms with Crippen LogP contribution in [-0.2, 0) is 14.6 Å². The van der Waals surface area contributed by atoms with E-state index < -0.39 is 9.84 Å². The molecule has 23 heavy (non-hydrogen) atoms. The Kier molecular flexibility index (Phi) is 3.66. The molecule has 1 amide bonds. The Balaban J connectivity index is 1.43. The number of amides is 1. The molecular weight excluding hydrogens is 318 g/mol. The Labute approximate surface area is 135 Å².